The SMILES string of the molecule is CC(C)CCCC(C)CCOC(=O)[C@@H]1CCCN1. The average Bonchev–Trinajstić information content (AvgIpc) is 2.81. The molecule has 0 bridgehead atoms. The molecule has 1 unspecified atom stereocenters. The van der Waals surface area contributed by atoms with Gasteiger partial charge in [-0.15, -0.1) is 0 Å². The highest BCUT2D eigenvalue weighted by molar-refractivity contribution is 5.76. The highest BCUT2D eigenvalue weighted by atomic mass is 16.5. The number of nitrogens with one attached hydrogen (secondary N) is 1. The van der Waals surface area contributed by atoms with Crippen LogP contribution >= 0.6 is 0 Å². The maximum atomic E-state index is 11.6. The molecule has 1 fully saturated rings. The van der Waals surface area contributed by atoms with Gasteiger partial charge in [0.15, 0.2) is 0 Å². The van der Waals surface area contributed by atoms with Crippen LogP contribution in [0.5, 0.6) is 0 Å². The summed E-state index contributed by atoms with van der Waals surface area (Å²) in [6.45, 7) is 8.31. The van der Waals surface area contributed by atoms with E-state index in [9.17, 15) is 4.79 Å². The monoisotopic (exact) mass is 255 g/mol. The zero-order valence-electron chi connectivity index (χ0n) is 12.2. The molecular formula is C15H29NO2. The van der Waals surface area contributed by atoms with Crippen LogP contribution in [0.25, 0.3) is 0 Å². The average molecular weight is 255 g/mol. The minimum atomic E-state index is -0.0538. The van der Waals surface area contributed by atoms with Crippen molar-refractivity contribution in [1.29, 1.82) is 0 Å². The molecule has 0 saturated carbocycles. The Morgan fingerprint density at radius 1 is 1.28 bits per heavy atom. The van der Waals surface area contributed by atoms with E-state index in [1.54, 1.807) is 0 Å². The maximum absolute atomic E-state index is 11.6. The van der Waals surface area contributed by atoms with Gasteiger partial charge in [0.1, 0.15) is 6.04 Å². The van der Waals surface area contributed by atoms with Crippen LogP contribution in [-0.4, -0.2) is 25.2 Å². The van der Waals surface area contributed by atoms with Crippen molar-refractivity contribution in [2.75, 3.05) is 13.2 Å². The third-order valence-corrected chi connectivity index (χ3v) is 3.68. The molecule has 1 aliphatic heterocycles. The van der Waals surface area contributed by atoms with E-state index in [2.05, 4.69) is 26.1 Å². The van der Waals surface area contributed by atoms with Gasteiger partial charge in [-0.3, -0.25) is 4.79 Å². The van der Waals surface area contributed by atoms with Gasteiger partial charge in [0.05, 0.1) is 6.61 Å². The van der Waals surface area contributed by atoms with Gasteiger partial charge in [-0.05, 0) is 37.6 Å². The van der Waals surface area contributed by atoms with Crippen LogP contribution in [0.15, 0.2) is 0 Å². The highest BCUT2D eigenvalue weighted by Gasteiger charge is 2.23. The summed E-state index contributed by atoms with van der Waals surface area (Å²) in [5.74, 6) is 1.40. The molecule has 3 nitrogen and oxygen atoms in total. The first-order chi connectivity index (χ1) is 8.59. The predicted octanol–water partition coefficient (Wildman–Crippen LogP) is 3.13. The molecule has 0 aliphatic carbocycles. The van der Waals surface area contributed by atoms with Crippen molar-refractivity contribution < 1.29 is 9.53 Å². The maximum Gasteiger partial charge on any atom is 0.323 e. The van der Waals surface area contributed by atoms with E-state index >= 15 is 0 Å². The zero-order chi connectivity index (χ0) is 13.4. The van der Waals surface area contributed by atoms with Crippen LogP contribution in [0.3, 0.4) is 0 Å². The molecule has 0 aromatic heterocycles. The summed E-state index contributed by atoms with van der Waals surface area (Å²) >= 11 is 0. The minimum absolute atomic E-state index is 0.0405. The smallest absolute Gasteiger partial charge is 0.323 e. The van der Waals surface area contributed by atoms with Crippen LogP contribution in [0.2, 0.25) is 0 Å². The van der Waals surface area contributed by atoms with Crippen LogP contribution < -0.4 is 5.32 Å². The third-order valence-electron chi connectivity index (χ3n) is 3.68. The van der Waals surface area contributed by atoms with Crippen molar-refractivity contribution in [3.05, 3.63) is 0 Å². The Hall–Kier alpha value is -0.570. The number of ether oxygens (including phenoxy) is 1. The quantitative estimate of drug-likeness (QED) is 0.677. The van der Waals surface area contributed by atoms with Crippen LogP contribution in [0.1, 0.15) is 59.3 Å². The molecule has 1 saturated heterocycles. The van der Waals surface area contributed by atoms with Crippen LogP contribution in [0.4, 0.5) is 0 Å². The summed E-state index contributed by atoms with van der Waals surface area (Å²) in [5.41, 5.74) is 0. The van der Waals surface area contributed by atoms with Gasteiger partial charge in [0.2, 0.25) is 0 Å². The van der Waals surface area contributed by atoms with Crippen molar-refractivity contribution >= 4 is 5.97 Å². The first-order valence-electron chi connectivity index (χ1n) is 7.49. The van der Waals surface area contributed by atoms with Gasteiger partial charge < -0.3 is 10.1 Å². The zero-order valence-corrected chi connectivity index (χ0v) is 12.2. The fourth-order valence-corrected chi connectivity index (χ4v) is 2.37. The molecule has 1 aliphatic rings. The second kappa shape index (κ2) is 8.52. The molecule has 106 valence electrons. The van der Waals surface area contributed by atoms with Crippen molar-refractivity contribution in [3.8, 4) is 0 Å². The van der Waals surface area contributed by atoms with Gasteiger partial charge in [0, 0.05) is 0 Å². The van der Waals surface area contributed by atoms with E-state index in [1.165, 1.54) is 19.3 Å². The molecule has 0 aromatic rings. The summed E-state index contributed by atoms with van der Waals surface area (Å²) < 4.78 is 5.32. The lowest BCUT2D eigenvalue weighted by atomic mass is 9.98. The Morgan fingerprint density at radius 2 is 2.06 bits per heavy atom. The summed E-state index contributed by atoms with van der Waals surface area (Å²) in [7, 11) is 0. The number of carbonyl (C=O) groups is 1. The predicted molar refractivity (Wildman–Crippen MR) is 74.5 cm³/mol. The van der Waals surface area contributed by atoms with Crippen molar-refractivity contribution in [3.63, 3.8) is 0 Å². The Labute approximate surface area is 112 Å². The summed E-state index contributed by atoms with van der Waals surface area (Å²) in [6, 6.07) is -0.0405. The molecule has 1 N–H and O–H groups in total. The molecule has 1 rings (SSSR count). The lowest BCUT2D eigenvalue weighted by molar-refractivity contribution is -0.146. The minimum Gasteiger partial charge on any atom is -0.465 e. The van der Waals surface area contributed by atoms with Gasteiger partial charge in [-0.25, -0.2) is 0 Å². The highest BCUT2D eigenvalue weighted by Crippen LogP contribution is 2.15. The molecule has 3 heteroatoms. The Bertz CT molecular complexity index is 235. The van der Waals surface area contributed by atoms with E-state index in [0.717, 1.165) is 31.7 Å². The molecule has 0 radical (unpaired) electrons. The molecule has 2 atom stereocenters. The topological polar surface area (TPSA) is 38.3 Å². The van der Waals surface area contributed by atoms with E-state index in [-0.39, 0.29) is 12.0 Å². The van der Waals surface area contributed by atoms with Crippen molar-refractivity contribution in [2.24, 2.45) is 11.8 Å². The third kappa shape index (κ3) is 6.39. The second-order valence-corrected chi connectivity index (χ2v) is 6.04. The normalized spacial score (nSPS) is 21.2. The fraction of sp³-hybridized carbons (Fsp3) is 0.933. The van der Waals surface area contributed by atoms with Gasteiger partial charge >= 0.3 is 5.97 Å². The lowest BCUT2D eigenvalue weighted by Crippen LogP contribution is -2.32. The van der Waals surface area contributed by atoms with Crippen LogP contribution in [-0.2, 0) is 9.53 Å². The first kappa shape index (κ1) is 15.5. The molecule has 0 spiro atoms. The summed E-state index contributed by atoms with van der Waals surface area (Å²) in [4.78, 5) is 11.6. The molecule has 0 amide bonds. The fourth-order valence-electron chi connectivity index (χ4n) is 2.37. The summed E-state index contributed by atoms with van der Waals surface area (Å²) in [6.07, 6.45) is 6.86. The Morgan fingerprint density at radius 3 is 2.67 bits per heavy atom. The number of esters is 1. The molecule has 1 heterocycles. The van der Waals surface area contributed by atoms with E-state index in [0.29, 0.717) is 12.5 Å². The Balaban J connectivity index is 2.00. The van der Waals surface area contributed by atoms with Crippen LogP contribution in [0, 0.1) is 11.8 Å². The first-order valence-corrected chi connectivity index (χ1v) is 7.49. The van der Waals surface area contributed by atoms with E-state index in [1.807, 2.05) is 0 Å². The largest absolute Gasteiger partial charge is 0.465 e. The van der Waals surface area contributed by atoms with Crippen molar-refractivity contribution in [1.82, 2.24) is 5.32 Å². The molecular weight excluding hydrogens is 226 g/mol. The Kier molecular flexibility index (Phi) is 7.33. The standard InChI is InChI=1S/C15H29NO2/c1-12(2)6-4-7-13(3)9-11-18-15(17)14-8-5-10-16-14/h12-14,16H,4-11H2,1-3H3/t13?,14-/m0/s1. The number of carbonyl (C=O) groups excluding carboxylic acids is 1. The number of hydrogen-bond acceptors (Lipinski definition) is 3. The molecule has 18 heavy (non-hydrogen) atoms. The lowest BCUT2D eigenvalue weighted by Gasteiger charge is -2.14. The molecule has 0 aromatic carbocycles. The number of rotatable bonds is 8. The number of hydrogen-bond donors (Lipinski definition) is 1. The van der Waals surface area contributed by atoms with Gasteiger partial charge in [0.25, 0.3) is 0 Å². The second-order valence-electron chi connectivity index (χ2n) is 6.04. The van der Waals surface area contributed by atoms with E-state index in [4.69, 9.17) is 4.74 Å². The van der Waals surface area contributed by atoms with E-state index < -0.39 is 0 Å². The van der Waals surface area contributed by atoms with Gasteiger partial charge in [-0.2, -0.15) is 0 Å². The van der Waals surface area contributed by atoms with Gasteiger partial charge in [-0.1, -0.05) is 40.0 Å². The summed E-state index contributed by atoms with van der Waals surface area (Å²) in [5, 5.41) is 3.17. The van der Waals surface area contributed by atoms with Crippen molar-refractivity contribution in [2.45, 2.75) is 65.3 Å².